The molecule has 1 rings (SSSR count). The van der Waals surface area contributed by atoms with Gasteiger partial charge in [0.25, 0.3) is 0 Å². The molecule has 15 heavy (non-hydrogen) atoms. The fraction of sp³-hybridized carbons (Fsp3) is 0.300. The van der Waals surface area contributed by atoms with E-state index in [2.05, 4.69) is 0 Å². The summed E-state index contributed by atoms with van der Waals surface area (Å²) in [6, 6.07) is 5.23. The van der Waals surface area contributed by atoms with Gasteiger partial charge in [0.2, 0.25) is 0 Å². The molecular weight excluding hydrogens is 222 g/mol. The first kappa shape index (κ1) is 13.8. The lowest BCUT2D eigenvalue weighted by Crippen LogP contribution is -2.11. The standard InChI is InChI=1S/C10H10F2N2.ClH/c11-4-3-10(14)7-1-2-9(12)8(5-7)6-13;/h1-2,5,10H,3-4,14H2;1H/t10-;/m1./s1. The van der Waals surface area contributed by atoms with Crippen molar-refractivity contribution in [1.82, 2.24) is 0 Å². The topological polar surface area (TPSA) is 49.8 Å². The highest BCUT2D eigenvalue weighted by Gasteiger charge is 2.08. The van der Waals surface area contributed by atoms with Crippen LogP contribution in [-0.4, -0.2) is 6.67 Å². The van der Waals surface area contributed by atoms with Crippen LogP contribution in [0.25, 0.3) is 0 Å². The molecule has 0 aliphatic rings. The van der Waals surface area contributed by atoms with E-state index >= 15 is 0 Å². The highest BCUT2D eigenvalue weighted by molar-refractivity contribution is 5.85. The Bertz CT molecular complexity index is 363. The maximum atomic E-state index is 12.9. The lowest BCUT2D eigenvalue weighted by molar-refractivity contribution is 0.441. The highest BCUT2D eigenvalue weighted by atomic mass is 35.5. The Labute approximate surface area is 93.1 Å². The van der Waals surface area contributed by atoms with Gasteiger partial charge in [-0.25, -0.2) is 4.39 Å². The van der Waals surface area contributed by atoms with Crippen LogP contribution < -0.4 is 5.73 Å². The van der Waals surface area contributed by atoms with Crippen LogP contribution in [0.2, 0.25) is 0 Å². The Morgan fingerprint density at radius 3 is 2.67 bits per heavy atom. The summed E-state index contributed by atoms with van der Waals surface area (Å²) in [6.07, 6.45) is 0.177. The minimum Gasteiger partial charge on any atom is -0.324 e. The van der Waals surface area contributed by atoms with Crippen molar-refractivity contribution >= 4 is 12.4 Å². The number of nitrogens with two attached hydrogens (primary N) is 1. The second-order valence-electron chi connectivity index (χ2n) is 2.94. The van der Waals surface area contributed by atoms with Crippen LogP contribution in [0, 0.1) is 17.1 Å². The Morgan fingerprint density at radius 1 is 1.47 bits per heavy atom. The molecule has 0 amide bonds. The minimum atomic E-state index is -0.580. The number of nitrogens with zero attached hydrogens (tertiary/aromatic N) is 1. The Morgan fingerprint density at radius 2 is 2.13 bits per heavy atom. The second-order valence-corrected chi connectivity index (χ2v) is 2.94. The molecule has 1 aromatic carbocycles. The third-order valence-electron chi connectivity index (χ3n) is 1.96. The summed E-state index contributed by atoms with van der Waals surface area (Å²) in [5.41, 5.74) is 6.13. The van der Waals surface area contributed by atoms with Crippen LogP contribution >= 0.6 is 12.4 Å². The van der Waals surface area contributed by atoms with E-state index < -0.39 is 18.5 Å². The molecule has 0 saturated heterocycles. The minimum absolute atomic E-state index is 0. The molecule has 0 spiro atoms. The summed E-state index contributed by atoms with van der Waals surface area (Å²) in [7, 11) is 0. The van der Waals surface area contributed by atoms with Gasteiger partial charge in [-0.05, 0) is 24.1 Å². The van der Waals surface area contributed by atoms with Crippen molar-refractivity contribution in [3.05, 3.63) is 35.1 Å². The number of rotatable bonds is 3. The van der Waals surface area contributed by atoms with E-state index in [-0.39, 0.29) is 24.4 Å². The number of nitriles is 1. The SMILES string of the molecule is Cl.N#Cc1cc([C@H](N)CCF)ccc1F. The Balaban J connectivity index is 0.00000196. The molecule has 5 heteroatoms. The molecule has 0 aromatic heterocycles. The smallest absolute Gasteiger partial charge is 0.140 e. The molecule has 0 aliphatic carbocycles. The van der Waals surface area contributed by atoms with E-state index in [9.17, 15) is 8.78 Å². The van der Waals surface area contributed by atoms with Crippen molar-refractivity contribution in [2.24, 2.45) is 5.73 Å². The molecule has 1 atom stereocenters. The van der Waals surface area contributed by atoms with Gasteiger partial charge in [-0.2, -0.15) is 5.26 Å². The molecule has 2 nitrogen and oxygen atoms in total. The van der Waals surface area contributed by atoms with E-state index in [4.69, 9.17) is 11.0 Å². The quantitative estimate of drug-likeness (QED) is 0.871. The van der Waals surface area contributed by atoms with Crippen molar-refractivity contribution < 1.29 is 8.78 Å². The van der Waals surface area contributed by atoms with Gasteiger partial charge in [-0.15, -0.1) is 12.4 Å². The zero-order valence-corrected chi connectivity index (χ0v) is 8.73. The number of halogens is 3. The van der Waals surface area contributed by atoms with Crippen molar-refractivity contribution in [3.8, 4) is 6.07 Å². The van der Waals surface area contributed by atoms with Gasteiger partial charge >= 0.3 is 0 Å². The van der Waals surface area contributed by atoms with Crippen molar-refractivity contribution in [3.63, 3.8) is 0 Å². The van der Waals surface area contributed by atoms with E-state index in [0.717, 1.165) is 0 Å². The predicted molar refractivity (Wildman–Crippen MR) is 55.9 cm³/mol. The predicted octanol–water partition coefficient (Wildman–Crippen LogP) is 2.48. The Hall–Kier alpha value is -1.18. The lowest BCUT2D eigenvalue weighted by Gasteiger charge is -2.09. The van der Waals surface area contributed by atoms with Crippen LogP contribution in [0.15, 0.2) is 18.2 Å². The molecule has 0 heterocycles. The van der Waals surface area contributed by atoms with Crippen molar-refractivity contribution in [1.29, 1.82) is 5.26 Å². The van der Waals surface area contributed by atoms with Gasteiger partial charge in [0, 0.05) is 6.04 Å². The number of hydrogen-bond donors (Lipinski definition) is 1. The van der Waals surface area contributed by atoms with E-state index in [1.54, 1.807) is 6.07 Å². The summed E-state index contributed by atoms with van der Waals surface area (Å²) in [5, 5.41) is 8.55. The van der Waals surface area contributed by atoms with Crippen LogP contribution in [0.3, 0.4) is 0 Å². The van der Waals surface area contributed by atoms with Crippen LogP contribution in [0.4, 0.5) is 8.78 Å². The van der Waals surface area contributed by atoms with E-state index in [1.807, 2.05) is 0 Å². The third kappa shape index (κ3) is 3.46. The fourth-order valence-corrected chi connectivity index (χ4v) is 1.14. The molecule has 0 radical (unpaired) electrons. The van der Waals surface area contributed by atoms with Gasteiger partial charge in [0.15, 0.2) is 0 Å². The van der Waals surface area contributed by atoms with Crippen molar-refractivity contribution in [2.45, 2.75) is 12.5 Å². The summed E-state index contributed by atoms with van der Waals surface area (Å²) in [6.45, 7) is -0.527. The second kappa shape index (κ2) is 6.33. The average Bonchev–Trinajstić information content (AvgIpc) is 2.19. The molecule has 2 N–H and O–H groups in total. The van der Waals surface area contributed by atoms with Gasteiger partial charge in [-0.3, -0.25) is 4.39 Å². The van der Waals surface area contributed by atoms with Crippen LogP contribution in [0.5, 0.6) is 0 Å². The van der Waals surface area contributed by atoms with Crippen LogP contribution in [0.1, 0.15) is 23.6 Å². The number of alkyl halides is 1. The third-order valence-corrected chi connectivity index (χ3v) is 1.96. The maximum absolute atomic E-state index is 12.9. The van der Waals surface area contributed by atoms with Gasteiger partial charge in [0.05, 0.1) is 12.2 Å². The lowest BCUT2D eigenvalue weighted by atomic mass is 10.0. The van der Waals surface area contributed by atoms with Crippen LogP contribution in [-0.2, 0) is 0 Å². The first-order valence-electron chi connectivity index (χ1n) is 4.20. The zero-order valence-electron chi connectivity index (χ0n) is 7.91. The molecule has 1 aromatic rings. The van der Waals surface area contributed by atoms with E-state index in [1.165, 1.54) is 18.2 Å². The molecular formula is C10H11ClF2N2. The maximum Gasteiger partial charge on any atom is 0.140 e. The molecule has 0 fully saturated rings. The molecule has 0 saturated carbocycles. The number of hydrogen-bond acceptors (Lipinski definition) is 2. The van der Waals surface area contributed by atoms with Gasteiger partial charge in [-0.1, -0.05) is 6.07 Å². The largest absolute Gasteiger partial charge is 0.324 e. The Kier molecular flexibility index (Phi) is 5.83. The molecule has 0 unspecified atom stereocenters. The summed E-state index contributed by atoms with van der Waals surface area (Å²) >= 11 is 0. The molecule has 0 bridgehead atoms. The monoisotopic (exact) mass is 232 g/mol. The normalized spacial score (nSPS) is 11.3. The fourth-order valence-electron chi connectivity index (χ4n) is 1.14. The average molecular weight is 233 g/mol. The van der Waals surface area contributed by atoms with Gasteiger partial charge < -0.3 is 5.73 Å². The zero-order chi connectivity index (χ0) is 10.6. The number of benzene rings is 1. The van der Waals surface area contributed by atoms with Crippen molar-refractivity contribution in [2.75, 3.05) is 6.67 Å². The molecule has 82 valence electrons. The first-order valence-corrected chi connectivity index (χ1v) is 4.20. The van der Waals surface area contributed by atoms with Gasteiger partial charge in [0.1, 0.15) is 11.9 Å². The first-order chi connectivity index (χ1) is 6.69. The molecule has 0 aliphatic heterocycles. The summed E-state index contributed by atoms with van der Waals surface area (Å²) < 4.78 is 24.9. The summed E-state index contributed by atoms with van der Waals surface area (Å²) in [4.78, 5) is 0. The summed E-state index contributed by atoms with van der Waals surface area (Å²) in [5.74, 6) is -0.580. The van der Waals surface area contributed by atoms with E-state index in [0.29, 0.717) is 5.56 Å². The highest BCUT2D eigenvalue weighted by Crippen LogP contribution is 2.17.